The molecule has 36 heavy (non-hydrogen) atoms. The number of ether oxygens (including phenoxy) is 2. The summed E-state index contributed by atoms with van der Waals surface area (Å²) in [5, 5.41) is 8.59. The summed E-state index contributed by atoms with van der Waals surface area (Å²) in [6.07, 6.45) is 0.678. The summed E-state index contributed by atoms with van der Waals surface area (Å²) >= 11 is 0. The summed E-state index contributed by atoms with van der Waals surface area (Å²) in [7, 11) is 1.13. The van der Waals surface area contributed by atoms with Crippen molar-refractivity contribution < 1.29 is 14.3 Å². The molecule has 0 aliphatic carbocycles. The first-order chi connectivity index (χ1) is 17.5. The molecular weight excluding hydrogens is 465 g/mol. The average Bonchev–Trinajstić information content (AvgIpc) is 2.95. The van der Waals surface area contributed by atoms with E-state index in [-0.39, 0.29) is 0 Å². The summed E-state index contributed by atoms with van der Waals surface area (Å²) in [4.78, 5) is 5.96. The van der Waals surface area contributed by atoms with E-state index in [2.05, 4.69) is 91.0 Å². The van der Waals surface area contributed by atoms with Crippen molar-refractivity contribution in [3.8, 4) is 5.75 Å². The molecule has 4 aromatic carbocycles. The first kappa shape index (κ1) is 25.6. The zero-order valence-electron chi connectivity index (χ0n) is 21.3. The molecule has 0 radical (unpaired) electrons. The van der Waals surface area contributed by atoms with Gasteiger partial charge in [0.1, 0.15) is 40.8 Å². The number of oxime groups is 1. The van der Waals surface area contributed by atoms with Crippen molar-refractivity contribution >= 4 is 28.9 Å². The minimum absolute atomic E-state index is 0.678. The van der Waals surface area contributed by atoms with Crippen LogP contribution < -0.4 is 20.7 Å². The molecule has 0 bridgehead atoms. The predicted octanol–water partition coefficient (Wildman–Crippen LogP) is 5.79. The van der Waals surface area contributed by atoms with Gasteiger partial charge in [-0.25, -0.2) is 0 Å². The van der Waals surface area contributed by atoms with Crippen LogP contribution in [-0.4, -0.2) is 31.9 Å². The molecule has 0 N–H and O–H groups in total. The highest BCUT2D eigenvalue weighted by Crippen LogP contribution is 2.55. The normalized spacial score (nSPS) is 12.3. The molecule has 4 aromatic rings. The summed E-state index contributed by atoms with van der Waals surface area (Å²) < 4.78 is 10.9. The summed E-state index contributed by atoms with van der Waals surface area (Å²) in [6, 6.07) is 40.3. The molecule has 4 nitrogen and oxygen atoms in total. The van der Waals surface area contributed by atoms with Crippen molar-refractivity contribution in [3.05, 3.63) is 121 Å². The Bertz CT molecular complexity index is 1160. The first-order valence-corrected chi connectivity index (χ1v) is 14.0. The molecule has 0 aliphatic heterocycles. The highest BCUT2D eigenvalue weighted by atomic mass is 31.2. The second-order valence-electron chi connectivity index (χ2n) is 8.94. The molecule has 4 rings (SSSR count). The number of hydrogen-bond acceptors (Lipinski definition) is 4. The second-order valence-corrected chi connectivity index (χ2v) is 12.4. The van der Waals surface area contributed by atoms with Gasteiger partial charge in [0.05, 0.1) is 7.11 Å². The lowest BCUT2D eigenvalue weighted by Crippen LogP contribution is -2.36. The Hall–Kier alpha value is -3.46. The van der Waals surface area contributed by atoms with Gasteiger partial charge in [0.15, 0.2) is 0 Å². The minimum atomic E-state index is -2.17. The molecule has 0 saturated carbocycles. The number of hydrogen-bond donors (Lipinski definition) is 0. The van der Waals surface area contributed by atoms with Crippen LogP contribution in [0.15, 0.2) is 120 Å². The fourth-order valence-electron chi connectivity index (χ4n) is 4.15. The van der Waals surface area contributed by atoms with E-state index in [9.17, 15) is 0 Å². The minimum Gasteiger partial charge on any atom is -0.497 e. The van der Waals surface area contributed by atoms with Crippen molar-refractivity contribution in [2.45, 2.75) is 19.6 Å². The van der Waals surface area contributed by atoms with Gasteiger partial charge in [-0.2, -0.15) is 0 Å². The van der Waals surface area contributed by atoms with Crippen molar-refractivity contribution in [1.29, 1.82) is 0 Å². The van der Waals surface area contributed by atoms with E-state index in [1.165, 1.54) is 15.9 Å². The highest BCUT2D eigenvalue weighted by molar-refractivity contribution is 7.96. The molecule has 0 spiro atoms. The quantitative estimate of drug-likeness (QED) is 0.120. The van der Waals surface area contributed by atoms with E-state index >= 15 is 0 Å². The Morgan fingerprint density at radius 1 is 0.667 bits per heavy atom. The smallest absolute Gasteiger partial charge is 0.230 e. The van der Waals surface area contributed by atoms with Gasteiger partial charge in [0, 0.05) is 26.5 Å². The van der Waals surface area contributed by atoms with E-state index < -0.39 is 13.0 Å². The first-order valence-electron chi connectivity index (χ1n) is 12.0. The molecule has 5 heteroatoms. The van der Waals surface area contributed by atoms with Crippen molar-refractivity contribution in [2.75, 3.05) is 20.4 Å². The van der Waals surface area contributed by atoms with Gasteiger partial charge >= 0.3 is 0 Å². The molecule has 0 aliphatic rings. The molecule has 0 atom stereocenters. The summed E-state index contributed by atoms with van der Waals surface area (Å²) in [5.74, 6) is -0.0584. The summed E-state index contributed by atoms with van der Waals surface area (Å²) in [5.41, 5.74) is 1.84. The Kier molecular flexibility index (Phi) is 8.20. The maximum absolute atomic E-state index is 5.96. The topological polar surface area (TPSA) is 40.0 Å². The van der Waals surface area contributed by atoms with Crippen LogP contribution in [0.3, 0.4) is 0 Å². The molecule has 184 valence electrons. The monoisotopic (exact) mass is 498 g/mol. The molecule has 0 heterocycles. The lowest BCUT2D eigenvalue weighted by atomic mass is 10.1. The molecule has 0 unspecified atom stereocenters. The van der Waals surface area contributed by atoms with Crippen molar-refractivity contribution in [2.24, 2.45) is 5.16 Å². The van der Waals surface area contributed by atoms with Crippen LogP contribution in [-0.2, 0) is 9.57 Å². The van der Waals surface area contributed by atoms with Gasteiger partial charge in [0.2, 0.25) is 5.79 Å². The molecule has 0 aromatic heterocycles. The van der Waals surface area contributed by atoms with E-state index in [1.807, 2.05) is 38.1 Å². The summed E-state index contributed by atoms with van der Waals surface area (Å²) in [6.45, 7) is 3.71. The van der Waals surface area contributed by atoms with Gasteiger partial charge in [-0.3, -0.25) is 0 Å². The standard InChI is InChI=1S/C31H33NO3P/c1-31(2,34-4)35-32-30(25-20-22-26(33-3)23-21-25)24-36(27-14-8-5-9-15-27,28-16-10-6-11-17-28)29-18-12-7-13-19-29/h5-23H,24H2,1-4H3/q+1/b32-30-. The fraction of sp³-hybridized carbons (Fsp3) is 0.194. The number of benzene rings is 4. The van der Waals surface area contributed by atoms with Gasteiger partial charge < -0.3 is 14.3 Å². The maximum atomic E-state index is 5.96. The van der Waals surface area contributed by atoms with Crippen LogP contribution >= 0.6 is 7.26 Å². The van der Waals surface area contributed by atoms with Crippen LogP contribution in [0, 0.1) is 0 Å². The van der Waals surface area contributed by atoms with E-state index in [0.717, 1.165) is 17.0 Å². The lowest BCUT2D eigenvalue weighted by molar-refractivity contribution is -0.197. The zero-order chi connectivity index (χ0) is 25.4. The average molecular weight is 499 g/mol. The van der Waals surface area contributed by atoms with E-state index in [1.54, 1.807) is 14.2 Å². The third kappa shape index (κ3) is 5.67. The van der Waals surface area contributed by atoms with Gasteiger partial charge in [-0.15, -0.1) is 0 Å². The van der Waals surface area contributed by atoms with Gasteiger partial charge in [-0.05, 0) is 60.7 Å². The van der Waals surface area contributed by atoms with Crippen LogP contribution in [0.5, 0.6) is 5.75 Å². The Morgan fingerprint density at radius 2 is 1.11 bits per heavy atom. The largest absolute Gasteiger partial charge is 0.497 e. The van der Waals surface area contributed by atoms with Crippen LogP contribution in [0.2, 0.25) is 0 Å². The number of nitrogens with zero attached hydrogens (tertiary/aromatic N) is 1. The maximum Gasteiger partial charge on any atom is 0.230 e. The van der Waals surface area contributed by atoms with E-state index in [4.69, 9.17) is 19.5 Å². The lowest BCUT2D eigenvalue weighted by Gasteiger charge is -2.28. The zero-order valence-corrected chi connectivity index (χ0v) is 22.2. The SMILES string of the molecule is COc1ccc(/C(C[P+](c2ccccc2)(c2ccccc2)c2ccccc2)=N\OC(C)(C)OC)cc1. The van der Waals surface area contributed by atoms with Crippen molar-refractivity contribution in [3.63, 3.8) is 0 Å². The third-order valence-electron chi connectivity index (χ3n) is 6.27. The third-order valence-corrected chi connectivity index (χ3v) is 10.6. The Labute approximate surface area is 214 Å². The molecule has 0 fully saturated rings. The Balaban J connectivity index is 1.95. The van der Waals surface area contributed by atoms with Crippen molar-refractivity contribution in [1.82, 2.24) is 0 Å². The van der Waals surface area contributed by atoms with Gasteiger partial charge in [-0.1, -0.05) is 59.8 Å². The second kappa shape index (κ2) is 11.5. The Morgan fingerprint density at radius 3 is 1.50 bits per heavy atom. The van der Waals surface area contributed by atoms with Gasteiger partial charge in [0.25, 0.3) is 0 Å². The molecule has 0 amide bonds. The van der Waals surface area contributed by atoms with E-state index in [0.29, 0.717) is 6.16 Å². The number of rotatable bonds is 10. The van der Waals surface area contributed by atoms with Crippen LogP contribution in [0.4, 0.5) is 0 Å². The van der Waals surface area contributed by atoms with Crippen LogP contribution in [0.1, 0.15) is 19.4 Å². The fourth-order valence-corrected chi connectivity index (χ4v) is 8.33. The predicted molar refractivity (Wildman–Crippen MR) is 152 cm³/mol. The highest BCUT2D eigenvalue weighted by Gasteiger charge is 2.47. The molecule has 0 saturated heterocycles. The van der Waals surface area contributed by atoms with Crippen LogP contribution in [0.25, 0.3) is 0 Å². The molecular formula is C31H33NO3P+. The number of methoxy groups -OCH3 is 2.